The average Bonchev–Trinajstić information content (AvgIpc) is 2.43. The molecule has 0 bridgehead atoms. The maximum atomic E-state index is 13.2. The maximum Gasteiger partial charge on any atom is 0.329 e. The molecule has 1 aromatic heterocycles. The highest BCUT2D eigenvalue weighted by molar-refractivity contribution is 9.10. The van der Waals surface area contributed by atoms with Gasteiger partial charge in [0.05, 0.1) is 9.40 Å². The lowest BCUT2D eigenvalue weighted by atomic mass is 10.3. The lowest BCUT2D eigenvalue weighted by Crippen LogP contribution is -2.06. The Bertz CT molecular complexity index is 683. The van der Waals surface area contributed by atoms with Crippen LogP contribution in [0.25, 0.3) is 0 Å². The summed E-state index contributed by atoms with van der Waals surface area (Å²) in [7, 11) is 0. The highest BCUT2D eigenvalue weighted by Crippen LogP contribution is 2.27. The van der Waals surface area contributed by atoms with Gasteiger partial charge in [-0.3, -0.25) is 10.1 Å². The van der Waals surface area contributed by atoms with Gasteiger partial charge < -0.3 is 10.6 Å². The van der Waals surface area contributed by atoms with Gasteiger partial charge in [0.2, 0.25) is 11.8 Å². The number of nitro groups is 1. The molecule has 1 aromatic carbocycles. The van der Waals surface area contributed by atoms with Gasteiger partial charge in [0, 0.05) is 12.2 Å². The zero-order chi connectivity index (χ0) is 15.4. The molecule has 0 saturated heterocycles. The zero-order valence-electron chi connectivity index (χ0n) is 10.9. The van der Waals surface area contributed by atoms with Gasteiger partial charge in [0.25, 0.3) is 0 Å². The Kier molecular flexibility index (Phi) is 4.63. The van der Waals surface area contributed by atoms with E-state index in [1.807, 2.05) is 6.92 Å². The summed E-state index contributed by atoms with van der Waals surface area (Å²) in [4.78, 5) is 18.3. The molecule has 2 rings (SSSR count). The summed E-state index contributed by atoms with van der Waals surface area (Å²) in [6.07, 6.45) is 1.12. The molecule has 0 unspecified atom stereocenters. The number of hydrogen-bond donors (Lipinski definition) is 2. The van der Waals surface area contributed by atoms with Gasteiger partial charge in [-0.25, -0.2) is 9.37 Å². The van der Waals surface area contributed by atoms with E-state index in [0.717, 1.165) is 6.20 Å². The molecule has 2 N–H and O–H groups in total. The number of rotatable bonds is 5. The summed E-state index contributed by atoms with van der Waals surface area (Å²) in [6.45, 7) is 2.44. The van der Waals surface area contributed by atoms with E-state index in [0.29, 0.717) is 12.2 Å². The van der Waals surface area contributed by atoms with Crippen molar-refractivity contribution >= 4 is 39.1 Å². The Balaban J connectivity index is 2.37. The molecule has 0 amide bonds. The third kappa shape index (κ3) is 3.63. The van der Waals surface area contributed by atoms with Crippen LogP contribution in [0.2, 0.25) is 0 Å². The van der Waals surface area contributed by atoms with Crippen LogP contribution in [0.5, 0.6) is 0 Å². The minimum Gasteiger partial charge on any atom is -0.354 e. The highest BCUT2D eigenvalue weighted by atomic mass is 79.9. The van der Waals surface area contributed by atoms with Crippen LogP contribution >= 0.6 is 15.9 Å². The first kappa shape index (κ1) is 15.1. The Hall–Kier alpha value is -2.29. The molecule has 9 heteroatoms. The molecule has 21 heavy (non-hydrogen) atoms. The van der Waals surface area contributed by atoms with E-state index >= 15 is 0 Å². The molecule has 7 nitrogen and oxygen atoms in total. The van der Waals surface area contributed by atoms with Crippen molar-refractivity contribution in [2.45, 2.75) is 6.92 Å². The van der Waals surface area contributed by atoms with Crippen molar-refractivity contribution in [2.75, 3.05) is 17.2 Å². The second-order valence-electron chi connectivity index (χ2n) is 3.97. The highest BCUT2D eigenvalue weighted by Gasteiger charge is 2.17. The van der Waals surface area contributed by atoms with Gasteiger partial charge in [-0.1, -0.05) is 0 Å². The van der Waals surface area contributed by atoms with E-state index in [-0.39, 0.29) is 21.9 Å². The van der Waals surface area contributed by atoms with Crippen LogP contribution in [0.15, 0.2) is 28.9 Å². The third-order valence-electron chi connectivity index (χ3n) is 2.48. The number of hydrogen-bond acceptors (Lipinski definition) is 6. The van der Waals surface area contributed by atoms with Crippen molar-refractivity contribution in [2.24, 2.45) is 0 Å². The number of nitrogens with zero attached hydrogens (tertiary/aromatic N) is 3. The van der Waals surface area contributed by atoms with E-state index in [1.54, 1.807) is 0 Å². The van der Waals surface area contributed by atoms with Gasteiger partial charge >= 0.3 is 5.69 Å². The summed E-state index contributed by atoms with van der Waals surface area (Å²) in [5.41, 5.74) is 0.199. The molecule has 0 fully saturated rings. The molecule has 2 aromatic rings. The summed E-state index contributed by atoms with van der Waals surface area (Å²) < 4.78 is 13.4. The molecule has 0 aliphatic rings. The van der Waals surface area contributed by atoms with Crippen LogP contribution in [0.3, 0.4) is 0 Å². The Morgan fingerprint density at radius 2 is 2.24 bits per heavy atom. The van der Waals surface area contributed by atoms with Crippen LogP contribution in [-0.2, 0) is 0 Å². The number of nitrogens with one attached hydrogen (secondary N) is 2. The van der Waals surface area contributed by atoms with Crippen molar-refractivity contribution in [3.05, 3.63) is 44.8 Å². The van der Waals surface area contributed by atoms with Crippen LogP contribution in [0.1, 0.15) is 6.92 Å². The van der Waals surface area contributed by atoms with Gasteiger partial charge in [0.15, 0.2) is 0 Å². The van der Waals surface area contributed by atoms with E-state index in [4.69, 9.17) is 0 Å². The molecule has 1 heterocycles. The van der Waals surface area contributed by atoms with Crippen molar-refractivity contribution in [3.8, 4) is 0 Å². The monoisotopic (exact) mass is 355 g/mol. The molecular formula is C12H11BrFN5O2. The molecule has 0 saturated carbocycles. The van der Waals surface area contributed by atoms with E-state index in [2.05, 4.69) is 36.5 Å². The number of aromatic nitrogens is 2. The fourth-order valence-corrected chi connectivity index (χ4v) is 1.93. The van der Waals surface area contributed by atoms with Crippen molar-refractivity contribution in [1.29, 1.82) is 0 Å². The summed E-state index contributed by atoms with van der Waals surface area (Å²) in [5.74, 6) is -0.123. The Morgan fingerprint density at radius 3 is 2.86 bits per heavy atom. The van der Waals surface area contributed by atoms with E-state index in [9.17, 15) is 14.5 Å². The van der Waals surface area contributed by atoms with E-state index < -0.39 is 10.7 Å². The minimum absolute atomic E-state index is 0.0319. The van der Waals surface area contributed by atoms with Gasteiger partial charge in [-0.2, -0.15) is 4.98 Å². The molecule has 0 aliphatic heterocycles. The second kappa shape index (κ2) is 6.44. The van der Waals surface area contributed by atoms with Gasteiger partial charge in [-0.15, -0.1) is 0 Å². The first-order chi connectivity index (χ1) is 10.0. The van der Waals surface area contributed by atoms with E-state index in [1.165, 1.54) is 18.2 Å². The number of benzene rings is 1. The normalized spacial score (nSPS) is 10.2. The number of anilines is 3. The fraction of sp³-hybridized carbons (Fsp3) is 0.167. The predicted molar refractivity (Wildman–Crippen MR) is 80.2 cm³/mol. The first-order valence-electron chi connectivity index (χ1n) is 5.98. The molecule has 0 atom stereocenters. The second-order valence-corrected chi connectivity index (χ2v) is 4.82. The van der Waals surface area contributed by atoms with Crippen LogP contribution < -0.4 is 10.6 Å². The molecule has 0 radical (unpaired) electrons. The minimum atomic E-state index is -0.587. The van der Waals surface area contributed by atoms with Crippen molar-refractivity contribution < 1.29 is 9.31 Å². The largest absolute Gasteiger partial charge is 0.354 e. The van der Waals surface area contributed by atoms with Gasteiger partial charge in [0.1, 0.15) is 12.0 Å². The van der Waals surface area contributed by atoms with Crippen molar-refractivity contribution in [3.63, 3.8) is 0 Å². The lowest BCUT2D eigenvalue weighted by Gasteiger charge is -2.08. The average molecular weight is 356 g/mol. The van der Waals surface area contributed by atoms with Crippen LogP contribution in [0, 0.1) is 15.9 Å². The first-order valence-corrected chi connectivity index (χ1v) is 6.78. The molecular weight excluding hydrogens is 345 g/mol. The Morgan fingerprint density at radius 1 is 1.48 bits per heavy atom. The smallest absolute Gasteiger partial charge is 0.329 e. The van der Waals surface area contributed by atoms with Gasteiger partial charge in [-0.05, 0) is 41.1 Å². The topological polar surface area (TPSA) is 93.0 Å². The quantitative estimate of drug-likeness (QED) is 0.630. The van der Waals surface area contributed by atoms with Crippen LogP contribution in [0.4, 0.5) is 27.5 Å². The third-order valence-corrected chi connectivity index (χ3v) is 3.09. The maximum absolute atomic E-state index is 13.2. The molecule has 0 spiro atoms. The summed E-state index contributed by atoms with van der Waals surface area (Å²) in [6, 6.07) is 4.16. The Labute approximate surface area is 127 Å². The molecule has 110 valence electrons. The number of halogens is 2. The SMILES string of the molecule is CCNc1ncc([N+](=O)[O-])c(Nc2ccc(F)c(Br)c2)n1. The summed E-state index contributed by atoms with van der Waals surface area (Å²) in [5, 5.41) is 16.7. The zero-order valence-corrected chi connectivity index (χ0v) is 12.5. The van der Waals surface area contributed by atoms with Crippen molar-refractivity contribution in [1.82, 2.24) is 9.97 Å². The van der Waals surface area contributed by atoms with Crippen LogP contribution in [-0.4, -0.2) is 21.4 Å². The standard InChI is InChI=1S/C12H11BrFN5O2/c1-2-15-12-16-6-10(19(20)21)11(18-12)17-7-3-4-9(14)8(13)5-7/h3-6H,2H2,1H3,(H2,15,16,17,18). The predicted octanol–water partition coefficient (Wildman–Crippen LogP) is 3.46. The molecule has 0 aliphatic carbocycles. The summed E-state index contributed by atoms with van der Waals surface area (Å²) >= 11 is 3.05. The fourth-order valence-electron chi connectivity index (χ4n) is 1.55. The lowest BCUT2D eigenvalue weighted by molar-refractivity contribution is -0.384.